The molecule has 0 radical (unpaired) electrons. The van der Waals surface area contributed by atoms with Crippen LogP contribution in [0.3, 0.4) is 0 Å². The molecule has 1 rings (SSSR count). The fraction of sp³-hybridized carbons (Fsp3) is 0.900. The summed E-state index contributed by atoms with van der Waals surface area (Å²) in [5, 5.41) is 3.05. The number of nitrogens with zero attached hydrogens (tertiary/aromatic N) is 1. The van der Waals surface area contributed by atoms with Crippen molar-refractivity contribution >= 4 is 23.5 Å². The number of rotatable bonds is 15. The molecule has 1 saturated carbocycles. The third kappa shape index (κ3) is 8.44. The van der Waals surface area contributed by atoms with Gasteiger partial charge in [-0.25, -0.2) is 0 Å². The first-order chi connectivity index (χ1) is 12.2. The van der Waals surface area contributed by atoms with Crippen LogP contribution in [0.4, 0.5) is 0 Å². The van der Waals surface area contributed by atoms with Crippen molar-refractivity contribution < 1.29 is 4.79 Å². The number of hydrogen-bond acceptors (Lipinski definition) is 2. The summed E-state index contributed by atoms with van der Waals surface area (Å²) in [7, 11) is 1.67. The fourth-order valence-corrected chi connectivity index (χ4v) is 3.65. The van der Waals surface area contributed by atoms with Crippen molar-refractivity contribution in [2.24, 2.45) is 10.4 Å². The van der Waals surface area contributed by atoms with Gasteiger partial charge in [-0.3, -0.25) is 14.6 Å². The number of carbonyl (C=O) groups is 1. The molecule has 5 heteroatoms. The minimum absolute atomic E-state index is 0.0734. The summed E-state index contributed by atoms with van der Waals surface area (Å²) in [4.78, 5) is 18.9. The van der Waals surface area contributed by atoms with Gasteiger partial charge in [0.1, 0.15) is 11.3 Å². The van der Waals surface area contributed by atoms with E-state index in [1.54, 1.807) is 7.05 Å². The van der Waals surface area contributed by atoms with E-state index in [9.17, 15) is 4.79 Å². The summed E-state index contributed by atoms with van der Waals surface area (Å²) in [5.41, 5.74) is -0.479. The van der Waals surface area contributed by atoms with Gasteiger partial charge in [0, 0.05) is 25.4 Å². The Morgan fingerprint density at radius 3 is 1.80 bits per heavy atom. The minimum atomic E-state index is -0.479. The maximum Gasteiger partial charge on any atom is 0.233 e. The summed E-state index contributed by atoms with van der Waals surface area (Å²) in [6, 6.07) is 0. The van der Waals surface area contributed by atoms with Crippen LogP contribution in [0.1, 0.15) is 96.8 Å². The van der Waals surface area contributed by atoms with Crippen LogP contribution in [0, 0.1) is 5.41 Å². The van der Waals surface area contributed by atoms with Crippen molar-refractivity contribution in [3.8, 4) is 0 Å². The van der Waals surface area contributed by atoms with E-state index >= 15 is 0 Å². The second-order valence-electron chi connectivity index (χ2n) is 7.39. The zero-order chi connectivity index (χ0) is 18.4. The molecule has 0 bridgehead atoms. The zero-order valence-electron chi connectivity index (χ0n) is 16.3. The number of halogens is 1. The molecule has 0 unspecified atom stereocenters. The Morgan fingerprint density at radius 1 is 0.920 bits per heavy atom. The monoisotopic (exact) mass is 371 g/mol. The Morgan fingerprint density at radius 2 is 1.40 bits per heavy atom. The lowest BCUT2D eigenvalue weighted by Crippen LogP contribution is -2.41. The average Bonchev–Trinajstić information content (AvgIpc) is 3.41. The summed E-state index contributed by atoms with van der Waals surface area (Å²) in [5.74, 6) is 0.672. The molecule has 146 valence electrons. The Labute approximate surface area is 159 Å². The topological polar surface area (TPSA) is 53.5 Å². The lowest BCUT2D eigenvalue weighted by molar-refractivity contribution is -0.124. The first-order valence-corrected chi connectivity index (χ1v) is 10.7. The number of amides is 1. The molecule has 0 heterocycles. The first kappa shape index (κ1) is 22.3. The van der Waals surface area contributed by atoms with Crippen LogP contribution in [0.15, 0.2) is 4.99 Å². The second kappa shape index (κ2) is 13.4. The number of unbranched alkanes of at least 4 members (excludes halogenated alkanes) is 11. The van der Waals surface area contributed by atoms with Crippen LogP contribution in [-0.2, 0) is 4.79 Å². The highest BCUT2D eigenvalue weighted by Crippen LogP contribution is 2.46. The van der Waals surface area contributed by atoms with E-state index in [1.165, 1.54) is 70.6 Å². The molecule has 0 aromatic carbocycles. The van der Waals surface area contributed by atoms with Crippen LogP contribution < -0.4 is 10.2 Å². The van der Waals surface area contributed by atoms with Crippen LogP contribution >= 0.6 is 11.8 Å². The SMILES string of the molecule is CCCCCCCCCCCCCCNC(=O)C1(C(=NC)NCl)CC1. The molecule has 0 saturated heterocycles. The van der Waals surface area contributed by atoms with Crippen LogP contribution in [0.25, 0.3) is 0 Å². The highest BCUT2D eigenvalue weighted by molar-refractivity contribution is 6.26. The number of amidine groups is 1. The Hall–Kier alpha value is -0.770. The van der Waals surface area contributed by atoms with E-state index in [1.807, 2.05) is 0 Å². The molecule has 25 heavy (non-hydrogen) atoms. The van der Waals surface area contributed by atoms with Gasteiger partial charge in [0.25, 0.3) is 0 Å². The molecule has 1 aliphatic carbocycles. The van der Waals surface area contributed by atoms with Gasteiger partial charge in [-0.15, -0.1) is 0 Å². The summed E-state index contributed by atoms with van der Waals surface area (Å²) in [6.45, 7) is 3.03. The lowest BCUT2D eigenvalue weighted by atomic mass is 10.0. The van der Waals surface area contributed by atoms with Crippen LogP contribution in [0.5, 0.6) is 0 Å². The Balaban J connectivity index is 1.92. The van der Waals surface area contributed by atoms with Gasteiger partial charge >= 0.3 is 0 Å². The van der Waals surface area contributed by atoms with Crippen molar-refractivity contribution in [2.75, 3.05) is 13.6 Å². The molecule has 0 aromatic rings. The van der Waals surface area contributed by atoms with Crippen molar-refractivity contribution in [2.45, 2.75) is 96.8 Å². The van der Waals surface area contributed by atoms with Gasteiger partial charge in [-0.2, -0.15) is 0 Å². The van der Waals surface area contributed by atoms with Crippen molar-refractivity contribution in [3.05, 3.63) is 0 Å². The smallest absolute Gasteiger partial charge is 0.233 e. The van der Waals surface area contributed by atoms with E-state index in [4.69, 9.17) is 11.8 Å². The van der Waals surface area contributed by atoms with Crippen molar-refractivity contribution in [1.82, 2.24) is 10.2 Å². The quantitative estimate of drug-likeness (QED) is 0.176. The molecule has 0 atom stereocenters. The lowest BCUT2D eigenvalue weighted by Gasteiger charge is -2.16. The number of aliphatic imine (C=N–C) groups is 1. The molecule has 1 fully saturated rings. The fourth-order valence-electron chi connectivity index (χ4n) is 3.38. The molecule has 0 spiro atoms. The van der Waals surface area contributed by atoms with Gasteiger partial charge < -0.3 is 5.32 Å². The van der Waals surface area contributed by atoms with Crippen molar-refractivity contribution in [3.63, 3.8) is 0 Å². The number of carbonyl (C=O) groups excluding carboxylic acids is 1. The first-order valence-electron chi connectivity index (χ1n) is 10.3. The van der Waals surface area contributed by atoms with E-state index in [0.717, 1.165) is 25.8 Å². The zero-order valence-corrected chi connectivity index (χ0v) is 17.1. The molecule has 0 aliphatic heterocycles. The standard InChI is InChI=1S/C20H38ClN3O/c1-3-4-5-6-7-8-9-10-11-12-13-14-17-23-19(25)20(15-16-20)18(22-2)24-21/h3-17H2,1-2H3,(H,22,24)(H,23,25). The van der Waals surface area contributed by atoms with Gasteiger partial charge in [-0.1, -0.05) is 77.6 Å². The number of nitrogens with one attached hydrogen (secondary N) is 2. The third-order valence-electron chi connectivity index (χ3n) is 5.27. The molecule has 2 N–H and O–H groups in total. The van der Waals surface area contributed by atoms with Crippen LogP contribution in [0.2, 0.25) is 0 Å². The summed E-state index contributed by atoms with van der Waals surface area (Å²) >= 11 is 5.66. The van der Waals surface area contributed by atoms with Gasteiger partial charge in [0.05, 0.1) is 0 Å². The average molecular weight is 372 g/mol. The normalized spacial score (nSPS) is 15.9. The van der Waals surface area contributed by atoms with E-state index < -0.39 is 5.41 Å². The molecule has 1 amide bonds. The Bertz CT molecular complexity index is 394. The molecular formula is C20H38ClN3O. The van der Waals surface area contributed by atoms with E-state index in [-0.39, 0.29) is 5.91 Å². The third-order valence-corrected chi connectivity index (χ3v) is 5.45. The van der Waals surface area contributed by atoms with Crippen molar-refractivity contribution in [1.29, 1.82) is 0 Å². The maximum absolute atomic E-state index is 12.3. The predicted octanol–water partition coefficient (Wildman–Crippen LogP) is 5.36. The van der Waals surface area contributed by atoms with Gasteiger partial charge in [0.15, 0.2) is 0 Å². The van der Waals surface area contributed by atoms with E-state index in [2.05, 4.69) is 22.1 Å². The molecule has 4 nitrogen and oxygen atoms in total. The summed E-state index contributed by atoms with van der Waals surface area (Å²) in [6.07, 6.45) is 17.7. The van der Waals surface area contributed by atoms with Gasteiger partial charge in [-0.05, 0) is 19.3 Å². The van der Waals surface area contributed by atoms with Gasteiger partial charge in [0.2, 0.25) is 5.91 Å². The predicted molar refractivity (Wildman–Crippen MR) is 108 cm³/mol. The largest absolute Gasteiger partial charge is 0.355 e. The van der Waals surface area contributed by atoms with Crippen LogP contribution in [-0.4, -0.2) is 25.3 Å². The minimum Gasteiger partial charge on any atom is -0.355 e. The van der Waals surface area contributed by atoms with E-state index in [0.29, 0.717) is 5.84 Å². The Kier molecular flexibility index (Phi) is 12.0. The number of hydrogen-bond donors (Lipinski definition) is 2. The maximum atomic E-state index is 12.3. The highest BCUT2D eigenvalue weighted by atomic mass is 35.5. The molecule has 0 aromatic heterocycles. The highest BCUT2D eigenvalue weighted by Gasteiger charge is 2.54. The molecule has 1 aliphatic rings. The summed E-state index contributed by atoms with van der Waals surface area (Å²) < 4.78 is 0. The molecular weight excluding hydrogens is 334 g/mol. The second-order valence-corrected chi connectivity index (χ2v) is 7.58.